The lowest BCUT2D eigenvalue weighted by Crippen LogP contribution is -2.07. The molecule has 7 heteroatoms. The SMILES string of the molecule is COC(=O)c1ccc(NCc2ccno2)nn1. The summed E-state index contributed by atoms with van der Waals surface area (Å²) < 4.78 is 9.41. The molecular formula is C10H10N4O3. The first-order valence-corrected chi connectivity index (χ1v) is 4.85. The van der Waals surface area contributed by atoms with Gasteiger partial charge in [0.15, 0.2) is 11.5 Å². The monoisotopic (exact) mass is 234 g/mol. The smallest absolute Gasteiger partial charge is 0.358 e. The Kier molecular flexibility index (Phi) is 3.29. The van der Waals surface area contributed by atoms with E-state index in [1.54, 1.807) is 18.3 Å². The van der Waals surface area contributed by atoms with Crippen molar-refractivity contribution < 1.29 is 14.1 Å². The van der Waals surface area contributed by atoms with E-state index in [1.165, 1.54) is 13.2 Å². The van der Waals surface area contributed by atoms with Crippen LogP contribution < -0.4 is 5.32 Å². The summed E-state index contributed by atoms with van der Waals surface area (Å²) in [5, 5.41) is 14.1. The van der Waals surface area contributed by atoms with Crippen molar-refractivity contribution in [3.8, 4) is 0 Å². The summed E-state index contributed by atoms with van der Waals surface area (Å²) in [5.74, 6) is 0.706. The van der Waals surface area contributed by atoms with Crippen LogP contribution in [0.1, 0.15) is 16.2 Å². The van der Waals surface area contributed by atoms with Crippen LogP contribution in [0.5, 0.6) is 0 Å². The molecule has 2 heterocycles. The van der Waals surface area contributed by atoms with E-state index in [2.05, 4.69) is 25.4 Å². The number of esters is 1. The van der Waals surface area contributed by atoms with Crippen LogP contribution in [-0.2, 0) is 11.3 Å². The third-order valence-corrected chi connectivity index (χ3v) is 1.99. The topological polar surface area (TPSA) is 90.1 Å². The lowest BCUT2D eigenvalue weighted by Gasteiger charge is -2.02. The van der Waals surface area contributed by atoms with Crippen molar-refractivity contribution in [2.75, 3.05) is 12.4 Å². The number of methoxy groups -OCH3 is 1. The number of nitrogens with one attached hydrogen (secondary N) is 1. The molecule has 0 aliphatic carbocycles. The van der Waals surface area contributed by atoms with Gasteiger partial charge in [0, 0.05) is 6.07 Å². The third kappa shape index (κ3) is 2.77. The second-order valence-electron chi connectivity index (χ2n) is 3.13. The molecule has 0 aliphatic heterocycles. The molecule has 0 spiro atoms. The highest BCUT2D eigenvalue weighted by Gasteiger charge is 2.07. The second-order valence-corrected chi connectivity index (χ2v) is 3.13. The van der Waals surface area contributed by atoms with Crippen LogP contribution in [-0.4, -0.2) is 28.4 Å². The number of nitrogens with zero attached hydrogens (tertiary/aromatic N) is 3. The summed E-state index contributed by atoms with van der Waals surface area (Å²) >= 11 is 0. The van der Waals surface area contributed by atoms with Crippen molar-refractivity contribution in [1.29, 1.82) is 0 Å². The largest absolute Gasteiger partial charge is 0.464 e. The maximum Gasteiger partial charge on any atom is 0.358 e. The Morgan fingerprint density at radius 3 is 2.88 bits per heavy atom. The van der Waals surface area contributed by atoms with Crippen LogP contribution in [0.25, 0.3) is 0 Å². The number of ether oxygens (including phenoxy) is 1. The van der Waals surface area contributed by atoms with Crippen LogP contribution in [0, 0.1) is 0 Å². The van der Waals surface area contributed by atoms with Gasteiger partial charge in [0.1, 0.15) is 5.82 Å². The number of carbonyl (C=O) groups is 1. The van der Waals surface area contributed by atoms with Gasteiger partial charge in [-0.1, -0.05) is 5.16 Å². The first kappa shape index (κ1) is 11.1. The first-order chi connectivity index (χ1) is 8.29. The number of hydrogen-bond acceptors (Lipinski definition) is 7. The van der Waals surface area contributed by atoms with Gasteiger partial charge >= 0.3 is 5.97 Å². The van der Waals surface area contributed by atoms with Gasteiger partial charge in [-0.05, 0) is 12.1 Å². The Bertz CT molecular complexity index is 481. The molecule has 0 radical (unpaired) electrons. The quantitative estimate of drug-likeness (QED) is 0.784. The Morgan fingerprint density at radius 2 is 2.29 bits per heavy atom. The lowest BCUT2D eigenvalue weighted by molar-refractivity contribution is 0.0593. The first-order valence-electron chi connectivity index (χ1n) is 4.85. The highest BCUT2D eigenvalue weighted by molar-refractivity contribution is 5.86. The minimum absolute atomic E-state index is 0.165. The van der Waals surface area contributed by atoms with Crippen molar-refractivity contribution in [3.63, 3.8) is 0 Å². The van der Waals surface area contributed by atoms with E-state index >= 15 is 0 Å². The Hall–Kier alpha value is -2.44. The summed E-state index contributed by atoms with van der Waals surface area (Å²) in [4.78, 5) is 11.1. The molecule has 0 aromatic carbocycles. The summed E-state index contributed by atoms with van der Waals surface area (Å²) in [6.45, 7) is 0.451. The maximum atomic E-state index is 11.1. The molecule has 17 heavy (non-hydrogen) atoms. The van der Waals surface area contributed by atoms with Crippen molar-refractivity contribution in [2.45, 2.75) is 6.54 Å². The van der Waals surface area contributed by atoms with Crippen molar-refractivity contribution in [1.82, 2.24) is 15.4 Å². The average molecular weight is 234 g/mol. The molecule has 0 unspecified atom stereocenters. The molecule has 2 aromatic heterocycles. The number of anilines is 1. The number of rotatable bonds is 4. The van der Waals surface area contributed by atoms with Crippen LogP contribution in [0.2, 0.25) is 0 Å². The van der Waals surface area contributed by atoms with E-state index < -0.39 is 5.97 Å². The summed E-state index contributed by atoms with van der Waals surface area (Å²) in [6, 6.07) is 4.90. The van der Waals surface area contributed by atoms with Gasteiger partial charge in [-0.15, -0.1) is 10.2 Å². The van der Waals surface area contributed by atoms with Crippen LogP contribution >= 0.6 is 0 Å². The predicted molar refractivity (Wildman–Crippen MR) is 57.2 cm³/mol. The van der Waals surface area contributed by atoms with Crippen LogP contribution in [0.4, 0.5) is 5.82 Å². The molecule has 0 amide bonds. The third-order valence-electron chi connectivity index (χ3n) is 1.99. The molecule has 7 nitrogen and oxygen atoms in total. The zero-order valence-corrected chi connectivity index (χ0v) is 9.08. The fraction of sp³-hybridized carbons (Fsp3) is 0.200. The standard InChI is InChI=1S/C10H10N4O3/c1-16-10(15)8-2-3-9(14-13-8)11-6-7-4-5-12-17-7/h2-5H,6H2,1H3,(H,11,14). The average Bonchev–Trinajstić information content (AvgIpc) is 2.89. The number of carbonyl (C=O) groups excluding carboxylic acids is 1. The van der Waals surface area contributed by atoms with Gasteiger partial charge in [-0.25, -0.2) is 4.79 Å². The number of hydrogen-bond donors (Lipinski definition) is 1. The van der Waals surface area contributed by atoms with Crippen molar-refractivity contribution in [3.05, 3.63) is 35.9 Å². The highest BCUT2D eigenvalue weighted by atomic mass is 16.5. The predicted octanol–water partition coefficient (Wildman–Crippen LogP) is 0.863. The van der Waals surface area contributed by atoms with E-state index in [4.69, 9.17) is 4.52 Å². The molecule has 0 saturated heterocycles. The minimum Gasteiger partial charge on any atom is -0.464 e. The molecule has 88 valence electrons. The Labute approximate surface area is 96.8 Å². The van der Waals surface area contributed by atoms with Gasteiger partial charge in [-0.2, -0.15) is 0 Å². The molecule has 0 aliphatic rings. The van der Waals surface area contributed by atoms with E-state index in [0.29, 0.717) is 18.1 Å². The maximum absolute atomic E-state index is 11.1. The van der Waals surface area contributed by atoms with E-state index in [0.717, 1.165) is 0 Å². The minimum atomic E-state index is -0.515. The Morgan fingerprint density at radius 1 is 1.41 bits per heavy atom. The zero-order valence-electron chi connectivity index (χ0n) is 9.08. The molecule has 0 bridgehead atoms. The molecular weight excluding hydrogens is 224 g/mol. The van der Waals surface area contributed by atoms with E-state index in [9.17, 15) is 4.79 Å². The molecule has 0 fully saturated rings. The van der Waals surface area contributed by atoms with Gasteiger partial charge in [0.25, 0.3) is 0 Å². The molecule has 2 aromatic rings. The lowest BCUT2D eigenvalue weighted by atomic mass is 10.4. The van der Waals surface area contributed by atoms with Gasteiger partial charge in [0.05, 0.1) is 19.9 Å². The zero-order chi connectivity index (χ0) is 12.1. The fourth-order valence-corrected chi connectivity index (χ4v) is 1.15. The normalized spacial score (nSPS) is 9.94. The molecule has 1 N–H and O–H groups in total. The number of aromatic nitrogens is 3. The van der Waals surface area contributed by atoms with Gasteiger partial charge in [0.2, 0.25) is 0 Å². The Balaban J connectivity index is 1.96. The van der Waals surface area contributed by atoms with Crippen LogP contribution in [0.3, 0.4) is 0 Å². The second kappa shape index (κ2) is 5.06. The van der Waals surface area contributed by atoms with Crippen molar-refractivity contribution in [2.24, 2.45) is 0 Å². The summed E-state index contributed by atoms with van der Waals surface area (Å²) in [6.07, 6.45) is 1.56. The molecule has 0 atom stereocenters. The molecule has 2 rings (SSSR count). The van der Waals surface area contributed by atoms with E-state index in [-0.39, 0.29) is 5.69 Å². The molecule has 0 saturated carbocycles. The van der Waals surface area contributed by atoms with Crippen molar-refractivity contribution >= 4 is 11.8 Å². The van der Waals surface area contributed by atoms with E-state index in [1.807, 2.05) is 0 Å². The van der Waals surface area contributed by atoms with Gasteiger partial charge < -0.3 is 14.6 Å². The highest BCUT2D eigenvalue weighted by Crippen LogP contribution is 2.05. The van der Waals surface area contributed by atoms with Crippen LogP contribution in [0.15, 0.2) is 28.9 Å². The fourth-order valence-electron chi connectivity index (χ4n) is 1.15. The summed E-state index contributed by atoms with van der Waals surface area (Å²) in [5.41, 5.74) is 0.165. The summed E-state index contributed by atoms with van der Waals surface area (Å²) in [7, 11) is 1.29. The van der Waals surface area contributed by atoms with Gasteiger partial charge in [-0.3, -0.25) is 0 Å².